The predicted octanol–water partition coefficient (Wildman–Crippen LogP) is 0.964. The van der Waals surface area contributed by atoms with Gasteiger partial charge in [0.05, 0.1) is 16.8 Å². The fourth-order valence-electron chi connectivity index (χ4n) is 3.56. The van der Waals surface area contributed by atoms with E-state index in [2.05, 4.69) is 0 Å². The van der Waals surface area contributed by atoms with Crippen LogP contribution in [0.25, 0.3) is 0 Å². The monoisotopic (exact) mass is 462 g/mol. The minimum Gasteiger partial charge on any atom is -0.340 e. The number of rotatable bonds is 6. The van der Waals surface area contributed by atoms with E-state index in [0.717, 1.165) is 0 Å². The number of sulfonamides is 1. The molecule has 0 aliphatic carbocycles. The van der Waals surface area contributed by atoms with Gasteiger partial charge in [0.15, 0.2) is 15.6 Å². The summed E-state index contributed by atoms with van der Waals surface area (Å²) in [6, 6.07) is 6.46. The van der Waals surface area contributed by atoms with E-state index in [9.17, 15) is 26.4 Å². The minimum absolute atomic E-state index is 0.0507. The summed E-state index contributed by atoms with van der Waals surface area (Å²) >= 11 is 5.80. The van der Waals surface area contributed by atoms with Crippen LogP contribution < -0.4 is 0 Å². The van der Waals surface area contributed by atoms with Gasteiger partial charge in [0.1, 0.15) is 0 Å². The van der Waals surface area contributed by atoms with Gasteiger partial charge in [-0.3, -0.25) is 9.59 Å². The van der Waals surface area contributed by atoms with E-state index in [1.807, 2.05) is 0 Å². The number of hydrogen-bond acceptors (Lipinski definition) is 6. The summed E-state index contributed by atoms with van der Waals surface area (Å²) in [5.41, 5.74) is 0.490. The number of carbonyl (C=O) groups excluding carboxylic acids is 2. The van der Waals surface area contributed by atoms with Crippen molar-refractivity contribution < 1.29 is 26.4 Å². The van der Waals surface area contributed by atoms with Crippen molar-refractivity contribution in [2.75, 3.05) is 37.7 Å². The number of nitrogens with zero attached hydrogens (tertiary/aromatic N) is 2. The van der Waals surface area contributed by atoms with E-state index in [1.54, 1.807) is 29.2 Å². The molecule has 11 heteroatoms. The average Bonchev–Trinajstić information content (AvgIpc) is 3.07. The average molecular weight is 463 g/mol. The first-order valence-electron chi connectivity index (χ1n) is 9.34. The summed E-state index contributed by atoms with van der Waals surface area (Å²) in [6.45, 7) is 0.727. The number of halogens is 1. The Hall–Kier alpha value is -1.49. The van der Waals surface area contributed by atoms with Crippen molar-refractivity contribution >= 4 is 43.2 Å². The molecule has 1 aromatic carbocycles. The second kappa shape index (κ2) is 8.71. The van der Waals surface area contributed by atoms with E-state index in [0.29, 0.717) is 10.6 Å². The highest BCUT2D eigenvalue weighted by atomic mass is 35.5. The molecule has 0 saturated carbocycles. The molecule has 0 N–H and O–H groups in total. The van der Waals surface area contributed by atoms with Gasteiger partial charge in [-0.2, -0.15) is 4.31 Å². The van der Waals surface area contributed by atoms with Crippen LogP contribution in [0.1, 0.15) is 29.6 Å². The second-order valence-electron chi connectivity index (χ2n) is 7.28. The third-order valence-electron chi connectivity index (χ3n) is 5.30. The lowest BCUT2D eigenvalue weighted by Gasteiger charge is -2.35. The molecule has 0 spiro atoms. The van der Waals surface area contributed by atoms with Gasteiger partial charge in [0.2, 0.25) is 15.9 Å². The van der Waals surface area contributed by atoms with Crippen LogP contribution >= 0.6 is 11.6 Å². The normalized spacial score (nSPS) is 22.5. The van der Waals surface area contributed by atoms with Crippen LogP contribution in [-0.4, -0.2) is 80.7 Å². The topological polar surface area (TPSA) is 109 Å². The third kappa shape index (κ3) is 5.36. The quantitative estimate of drug-likeness (QED) is 0.582. The maximum Gasteiger partial charge on any atom is 0.223 e. The Bertz CT molecular complexity index is 984. The molecule has 0 bridgehead atoms. The number of sulfone groups is 1. The Balaban J connectivity index is 1.49. The standard InChI is InChI=1S/C18H23ClN2O6S2/c19-15-3-1-14(2-4-15)17(22)5-6-18(23)20-8-10-21(11-9-20)29(26,27)16-7-12-28(24,25)13-16/h1-4,16H,5-13H2. The van der Waals surface area contributed by atoms with Gasteiger partial charge in [0, 0.05) is 49.6 Å². The summed E-state index contributed by atoms with van der Waals surface area (Å²) in [4.78, 5) is 26.1. The van der Waals surface area contributed by atoms with Crippen LogP contribution in [0.4, 0.5) is 0 Å². The second-order valence-corrected chi connectivity index (χ2v) is 12.2. The van der Waals surface area contributed by atoms with Gasteiger partial charge in [-0.1, -0.05) is 11.6 Å². The van der Waals surface area contributed by atoms with E-state index < -0.39 is 25.1 Å². The molecule has 0 aromatic heterocycles. The lowest BCUT2D eigenvalue weighted by molar-refractivity contribution is -0.132. The molecule has 1 amide bonds. The number of hydrogen-bond donors (Lipinski definition) is 0. The smallest absolute Gasteiger partial charge is 0.223 e. The Morgan fingerprint density at radius 1 is 1.03 bits per heavy atom. The number of amides is 1. The molecule has 2 heterocycles. The zero-order valence-corrected chi connectivity index (χ0v) is 18.2. The first kappa shape index (κ1) is 22.2. The van der Waals surface area contributed by atoms with Crippen LogP contribution in [0, 0.1) is 0 Å². The predicted molar refractivity (Wildman–Crippen MR) is 109 cm³/mol. The largest absolute Gasteiger partial charge is 0.340 e. The van der Waals surface area contributed by atoms with E-state index >= 15 is 0 Å². The van der Waals surface area contributed by atoms with Gasteiger partial charge in [-0.15, -0.1) is 0 Å². The SMILES string of the molecule is O=C(CCC(=O)N1CCN(S(=O)(=O)C2CCS(=O)(=O)C2)CC1)c1ccc(Cl)cc1. The number of carbonyl (C=O) groups is 2. The van der Waals surface area contributed by atoms with Gasteiger partial charge < -0.3 is 4.90 Å². The van der Waals surface area contributed by atoms with Crippen LogP contribution in [0.2, 0.25) is 5.02 Å². The molecule has 8 nitrogen and oxygen atoms in total. The molecular weight excluding hydrogens is 440 g/mol. The van der Waals surface area contributed by atoms with Crippen molar-refractivity contribution in [2.24, 2.45) is 0 Å². The van der Waals surface area contributed by atoms with E-state index in [1.165, 1.54) is 4.31 Å². The molecular formula is C18H23ClN2O6S2. The van der Waals surface area contributed by atoms with Gasteiger partial charge in [0.25, 0.3) is 0 Å². The summed E-state index contributed by atoms with van der Waals surface area (Å²) in [5.74, 6) is -0.787. The highest BCUT2D eigenvalue weighted by Crippen LogP contribution is 2.23. The molecule has 2 saturated heterocycles. The van der Waals surface area contributed by atoms with Crippen LogP contribution in [0.3, 0.4) is 0 Å². The zero-order chi connectivity index (χ0) is 21.2. The molecule has 1 aromatic rings. The zero-order valence-electron chi connectivity index (χ0n) is 15.8. The highest BCUT2D eigenvalue weighted by molar-refractivity contribution is 7.95. The molecule has 1 unspecified atom stereocenters. The number of Topliss-reactive ketones (excluding diaryl/α,β-unsaturated/α-hetero) is 1. The summed E-state index contributed by atoms with van der Waals surface area (Å²) in [7, 11) is -6.99. The molecule has 1 atom stereocenters. The van der Waals surface area contributed by atoms with Gasteiger partial charge >= 0.3 is 0 Å². The molecule has 29 heavy (non-hydrogen) atoms. The summed E-state index contributed by atoms with van der Waals surface area (Å²) in [6.07, 6.45) is 0.241. The van der Waals surface area contributed by atoms with Crippen LogP contribution in [-0.2, 0) is 24.7 Å². The van der Waals surface area contributed by atoms with Gasteiger partial charge in [-0.05, 0) is 30.7 Å². The molecule has 2 aliphatic heterocycles. The van der Waals surface area contributed by atoms with E-state index in [4.69, 9.17) is 11.6 Å². The molecule has 0 radical (unpaired) electrons. The van der Waals surface area contributed by atoms with Gasteiger partial charge in [-0.25, -0.2) is 16.8 Å². The molecule has 2 aliphatic rings. The highest BCUT2D eigenvalue weighted by Gasteiger charge is 2.41. The molecule has 160 valence electrons. The maximum atomic E-state index is 12.7. The Kier molecular flexibility index (Phi) is 6.67. The maximum absolute atomic E-state index is 12.7. The van der Waals surface area contributed by atoms with Crippen LogP contribution in [0.15, 0.2) is 24.3 Å². The van der Waals surface area contributed by atoms with Crippen molar-refractivity contribution in [1.29, 1.82) is 0 Å². The fourth-order valence-corrected chi connectivity index (χ4v) is 8.20. The first-order chi connectivity index (χ1) is 13.6. The van der Waals surface area contributed by atoms with Crippen molar-refractivity contribution in [2.45, 2.75) is 24.5 Å². The lowest BCUT2D eigenvalue weighted by atomic mass is 10.1. The summed E-state index contributed by atoms with van der Waals surface area (Å²) < 4.78 is 49.8. The Labute approximate surface area is 175 Å². The first-order valence-corrected chi connectivity index (χ1v) is 13.0. The molecule has 3 rings (SSSR count). The number of piperazine rings is 1. The van der Waals surface area contributed by atoms with Crippen molar-refractivity contribution in [3.63, 3.8) is 0 Å². The van der Waals surface area contributed by atoms with Crippen LogP contribution in [0.5, 0.6) is 0 Å². The minimum atomic E-state index is -3.70. The Morgan fingerprint density at radius 2 is 1.66 bits per heavy atom. The van der Waals surface area contributed by atoms with Crippen molar-refractivity contribution in [1.82, 2.24) is 9.21 Å². The number of benzene rings is 1. The fraction of sp³-hybridized carbons (Fsp3) is 0.556. The third-order valence-corrected chi connectivity index (χ3v) is 9.86. The summed E-state index contributed by atoms with van der Waals surface area (Å²) in [5, 5.41) is -0.368. The molecule has 2 fully saturated rings. The Morgan fingerprint density at radius 3 is 2.21 bits per heavy atom. The van der Waals surface area contributed by atoms with E-state index in [-0.39, 0.29) is 68.6 Å². The van der Waals surface area contributed by atoms with Crippen molar-refractivity contribution in [3.05, 3.63) is 34.9 Å². The van der Waals surface area contributed by atoms with Crippen molar-refractivity contribution in [3.8, 4) is 0 Å². The lowest BCUT2D eigenvalue weighted by Crippen LogP contribution is -2.52. The number of ketones is 1.